The number of ketones is 1. The monoisotopic (exact) mass is 324 g/mol. The first kappa shape index (κ1) is 17.0. The second-order valence-corrected chi connectivity index (χ2v) is 7.62. The normalized spacial score (nSPS) is 19.1. The smallest absolute Gasteiger partial charge is 0.407 e. The van der Waals surface area contributed by atoms with E-state index in [9.17, 15) is 9.59 Å². The molecular formula is C16H24N2O3S. The van der Waals surface area contributed by atoms with Crippen molar-refractivity contribution >= 4 is 23.2 Å². The van der Waals surface area contributed by atoms with Crippen LogP contribution in [0.3, 0.4) is 0 Å². The molecule has 2 heterocycles. The number of ether oxygens (including phenoxy) is 1. The van der Waals surface area contributed by atoms with E-state index in [4.69, 9.17) is 4.74 Å². The molecule has 1 aromatic rings. The number of carbonyl (C=O) groups is 2. The molecule has 1 saturated heterocycles. The number of nitrogens with one attached hydrogen (secondary N) is 1. The van der Waals surface area contributed by atoms with Gasteiger partial charge < -0.3 is 10.1 Å². The molecule has 5 nitrogen and oxygen atoms in total. The number of nitrogens with zero attached hydrogens (tertiary/aromatic N) is 1. The molecule has 1 fully saturated rings. The van der Waals surface area contributed by atoms with Crippen LogP contribution in [0, 0.1) is 5.92 Å². The van der Waals surface area contributed by atoms with E-state index in [1.807, 2.05) is 38.3 Å². The molecule has 0 aromatic carbocycles. The van der Waals surface area contributed by atoms with Crippen LogP contribution in [0.25, 0.3) is 0 Å². The molecule has 0 aliphatic carbocycles. The summed E-state index contributed by atoms with van der Waals surface area (Å²) in [6, 6.07) is 3.76. The van der Waals surface area contributed by atoms with Crippen LogP contribution in [-0.2, 0) is 4.74 Å². The molecule has 1 N–H and O–H groups in total. The highest BCUT2D eigenvalue weighted by molar-refractivity contribution is 7.12. The summed E-state index contributed by atoms with van der Waals surface area (Å²) in [4.78, 5) is 26.7. The van der Waals surface area contributed by atoms with Crippen LogP contribution in [0.5, 0.6) is 0 Å². The molecule has 0 spiro atoms. The molecule has 0 radical (unpaired) electrons. The summed E-state index contributed by atoms with van der Waals surface area (Å²) in [5.41, 5.74) is -0.473. The van der Waals surface area contributed by atoms with Gasteiger partial charge in [-0.25, -0.2) is 4.79 Å². The third-order valence-corrected chi connectivity index (χ3v) is 4.38. The second-order valence-electron chi connectivity index (χ2n) is 6.67. The van der Waals surface area contributed by atoms with E-state index in [-0.39, 0.29) is 11.9 Å². The standard InChI is InChI=1S/C16H24N2O3S/c1-16(2,3)21-15(20)17-9-12-6-7-18(10-12)11-13(19)14-5-4-8-22-14/h4-5,8,12H,6-7,9-11H2,1-3H3,(H,17,20)/t12-/m0/s1. The molecule has 2 rings (SSSR count). The van der Waals surface area contributed by atoms with Crippen molar-refractivity contribution in [2.24, 2.45) is 5.92 Å². The lowest BCUT2D eigenvalue weighted by Crippen LogP contribution is -2.36. The van der Waals surface area contributed by atoms with Gasteiger partial charge in [-0.1, -0.05) is 6.07 Å². The Balaban J connectivity index is 1.69. The number of Topliss-reactive ketones (excluding diaryl/α,β-unsaturated/α-hetero) is 1. The molecule has 22 heavy (non-hydrogen) atoms. The van der Waals surface area contributed by atoms with Gasteiger partial charge in [0.05, 0.1) is 11.4 Å². The van der Waals surface area contributed by atoms with E-state index < -0.39 is 5.60 Å². The lowest BCUT2D eigenvalue weighted by molar-refractivity contribution is 0.0519. The lowest BCUT2D eigenvalue weighted by atomic mass is 10.1. The summed E-state index contributed by atoms with van der Waals surface area (Å²) in [7, 11) is 0. The number of thiophene rings is 1. The van der Waals surface area contributed by atoms with Crippen molar-refractivity contribution in [3.63, 3.8) is 0 Å². The first-order valence-electron chi connectivity index (χ1n) is 7.59. The van der Waals surface area contributed by atoms with Crippen LogP contribution in [0.15, 0.2) is 17.5 Å². The second kappa shape index (κ2) is 7.24. The van der Waals surface area contributed by atoms with E-state index in [2.05, 4.69) is 10.2 Å². The Hall–Kier alpha value is -1.40. The van der Waals surface area contributed by atoms with Crippen molar-refractivity contribution in [1.82, 2.24) is 10.2 Å². The lowest BCUT2D eigenvalue weighted by Gasteiger charge is -2.20. The molecular weight excluding hydrogens is 300 g/mol. The number of hydrogen-bond donors (Lipinski definition) is 1. The predicted molar refractivity (Wildman–Crippen MR) is 87.4 cm³/mol. The van der Waals surface area contributed by atoms with Crippen LogP contribution >= 0.6 is 11.3 Å². The zero-order chi connectivity index (χ0) is 16.2. The van der Waals surface area contributed by atoms with Gasteiger partial charge in [-0.3, -0.25) is 9.69 Å². The third kappa shape index (κ3) is 5.42. The summed E-state index contributed by atoms with van der Waals surface area (Å²) in [5, 5.41) is 4.73. The van der Waals surface area contributed by atoms with Gasteiger partial charge in [0, 0.05) is 13.1 Å². The Morgan fingerprint density at radius 1 is 1.45 bits per heavy atom. The van der Waals surface area contributed by atoms with Gasteiger partial charge in [0.25, 0.3) is 0 Å². The molecule has 6 heteroatoms. The fourth-order valence-corrected chi connectivity index (χ4v) is 3.14. The zero-order valence-corrected chi connectivity index (χ0v) is 14.2. The molecule has 0 saturated carbocycles. The van der Waals surface area contributed by atoms with Crippen LogP contribution in [0.1, 0.15) is 36.9 Å². The predicted octanol–water partition coefficient (Wildman–Crippen LogP) is 2.78. The summed E-state index contributed by atoms with van der Waals surface area (Å²) in [6.07, 6.45) is 0.619. The van der Waals surface area contributed by atoms with Gasteiger partial charge in [-0.15, -0.1) is 11.3 Å². The van der Waals surface area contributed by atoms with Crippen molar-refractivity contribution in [1.29, 1.82) is 0 Å². The largest absolute Gasteiger partial charge is 0.444 e. The van der Waals surface area contributed by atoms with Crippen LogP contribution in [0.4, 0.5) is 4.79 Å². The van der Waals surface area contributed by atoms with Crippen LogP contribution in [0.2, 0.25) is 0 Å². The Bertz CT molecular complexity index is 508. The molecule has 1 aliphatic heterocycles. The molecule has 0 unspecified atom stereocenters. The Labute approximate surface area is 135 Å². The first-order valence-corrected chi connectivity index (χ1v) is 8.47. The Morgan fingerprint density at radius 2 is 2.23 bits per heavy atom. The van der Waals surface area contributed by atoms with E-state index >= 15 is 0 Å². The number of rotatable bonds is 5. The molecule has 1 aliphatic rings. The summed E-state index contributed by atoms with van der Waals surface area (Å²) >= 11 is 1.48. The van der Waals surface area contributed by atoms with Crippen molar-refractivity contribution in [3.05, 3.63) is 22.4 Å². The van der Waals surface area contributed by atoms with Gasteiger partial charge in [0.15, 0.2) is 5.78 Å². The fraction of sp³-hybridized carbons (Fsp3) is 0.625. The summed E-state index contributed by atoms with van der Waals surface area (Å²) in [6.45, 7) is 8.34. The Morgan fingerprint density at radius 3 is 2.86 bits per heavy atom. The van der Waals surface area contributed by atoms with Gasteiger partial charge in [-0.05, 0) is 51.1 Å². The topological polar surface area (TPSA) is 58.6 Å². The maximum Gasteiger partial charge on any atom is 0.407 e. The molecule has 1 atom stereocenters. The van der Waals surface area contributed by atoms with E-state index in [1.165, 1.54) is 11.3 Å². The number of hydrogen-bond acceptors (Lipinski definition) is 5. The summed E-state index contributed by atoms with van der Waals surface area (Å²) in [5.74, 6) is 0.555. The van der Waals surface area contributed by atoms with Crippen LogP contribution in [-0.4, -0.2) is 48.6 Å². The van der Waals surface area contributed by atoms with Gasteiger partial charge in [0.2, 0.25) is 0 Å². The molecule has 122 valence electrons. The minimum Gasteiger partial charge on any atom is -0.444 e. The van der Waals surface area contributed by atoms with Crippen molar-refractivity contribution in [3.8, 4) is 0 Å². The van der Waals surface area contributed by atoms with Gasteiger partial charge in [0.1, 0.15) is 5.60 Å². The van der Waals surface area contributed by atoms with Gasteiger partial charge >= 0.3 is 6.09 Å². The summed E-state index contributed by atoms with van der Waals surface area (Å²) < 4.78 is 5.22. The SMILES string of the molecule is CC(C)(C)OC(=O)NC[C@@H]1CCN(CC(=O)c2cccs2)C1. The molecule has 1 aromatic heterocycles. The molecule has 0 bridgehead atoms. The van der Waals surface area contributed by atoms with Crippen molar-refractivity contribution in [2.45, 2.75) is 32.8 Å². The minimum atomic E-state index is -0.473. The quantitative estimate of drug-likeness (QED) is 0.846. The average molecular weight is 324 g/mol. The number of likely N-dealkylation sites (tertiary alicyclic amines) is 1. The molecule has 1 amide bonds. The average Bonchev–Trinajstić information content (AvgIpc) is 3.05. The number of amides is 1. The third-order valence-electron chi connectivity index (χ3n) is 3.47. The van der Waals surface area contributed by atoms with Gasteiger partial charge in [-0.2, -0.15) is 0 Å². The highest BCUT2D eigenvalue weighted by Crippen LogP contribution is 2.17. The highest BCUT2D eigenvalue weighted by atomic mass is 32.1. The minimum absolute atomic E-state index is 0.177. The van der Waals surface area contributed by atoms with Crippen molar-refractivity contribution < 1.29 is 14.3 Å². The van der Waals surface area contributed by atoms with E-state index in [0.717, 1.165) is 24.4 Å². The zero-order valence-electron chi connectivity index (χ0n) is 13.4. The van der Waals surface area contributed by atoms with E-state index in [1.54, 1.807) is 0 Å². The highest BCUT2D eigenvalue weighted by Gasteiger charge is 2.25. The van der Waals surface area contributed by atoms with Crippen LogP contribution < -0.4 is 5.32 Å². The first-order chi connectivity index (χ1) is 10.3. The number of alkyl carbamates (subject to hydrolysis) is 1. The maximum atomic E-state index is 12.1. The fourth-order valence-electron chi connectivity index (χ4n) is 2.48. The number of carbonyl (C=O) groups excluding carboxylic acids is 2. The maximum absolute atomic E-state index is 12.1. The Kier molecular flexibility index (Phi) is 5.58. The van der Waals surface area contributed by atoms with Crippen molar-refractivity contribution in [2.75, 3.05) is 26.2 Å². The van der Waals surface area contributed by atoms with E-state index in [0.29, 0.717) is 19.0 Å².